The van der Waals surface area contributed by atoms with Crippen molar-refractivity contribution in [1.29, 1.82) is 0 Å². The normalized spacial score (nSPS) is 21.4. The summed E-state index contributed by atoms with van der Waals surface area (Å²) in [5, 5.41) is 8.20. The molecule has 7 nitrogen and oxygen atoms in total. The fourth-order valence-electron chi connectivity index (χ4n) is 4.89. The highest BCUT2D eigenvalue weighted by molar-refractivity contribution is 5.84. The largest absolute Gasteiger partial charge is 0.341 e. The molecule has 2 aliphatic heterocycles. The molecule has 1 unspecified atom stereocenters. The Morgan fingerprint density at radius 2 is 2.00 bits per heavy atom. The monoisotopic (exact) mass is 398 g/mol. The Kier molecular flexibility index (Phi) is 6.18. The van der Waals surface area contributed by atoms with Gasteiger partial charge in [0, 0.05) is 37.6 Å². The SMILES string of the molecule is Cc1cc(CC(N)C(=O)N2CCC(N3CCCN(C)CC3)CC2)cc2cn[nH]c12. The predicted octanol–water partition coefficient (Wildman–Crippen LogP) is 1.37. The molecule has 0 spiro atoms. The van der Waals surface area contributed by atoms with E-state index in [0.717, 1.165) is 61.1 Å². The molecule has 3 N–H and O–H groups in total. The molecular formula is C22H34N6O. The molecule has 0 aliphatic carbocycles. The van der Waals surface area contributed by atoms with Gasteiger partial charge in [0.15, 0.2) is 0 Å². The first-order valence-electron chi connectivity index (χ1n) is 10.9. The molecule has 1 aromatic carbocycles. The third-order valence-electron chi connectivity index (χ3n) is 6.63. The molecule has 3 heterocycles. The predicted molar refractivity (Wildman–Crippen MR) is 116 cm³/mol. The van der Waals surface area contributed by atoms with Gasteiger partial charge in [-0.25, -0.2) is 0 Å². The number of nitrogens with zero attached hydrogens (tertiary/aromatic N) is 4. The number of hydrogen-bond donors (Lipinski definition) is 2. The summed E-state index contributed by atoms with van der Waals surface area (Å²) in [5.74, 6) is 0.0870. The maximum absolute atomic E-state index is 12.9. The number of hydrogen-bond acceptors (Lipinski definition) is 5. The fraction of sp³-hybridized carbons (Fsp3) is 0.636. The van der Waals surface area contributed by atoms with E-state index in [9.17, 15) is 4.79 Å². The van der Waals surface area contributed by atoms with Crippen LogP contribution < -0.4 is 5.73 Å². The summed E-state index contributed by atoms with van der Waals surface area (Å²) >= 11 is 0. The minimum absolute atomic E-state index is 0.0870. The van der Waals surface area contributed by atoms with Crippen LogP contribution in [-0.4, -0.2) is 89.2 Å². The van der Waals surface area contributed by atoms with Crippen LogP contribution in [-0.2, 0) is 11.2 Å². The van der Waals surface area contributed by atoms with E-state index in [1.807, 2.05) is 11.1 Å². The second kappa shape index (κ2) is 8.81. The Hall–Kier alpha value is -1.96. The number of carbonyl (C=O) groups excluding carboxylic acids is 1. The van der Waals surface area contributed by atoms with Gasteiger partial charge in [-0.3, -0.25) is 14.8 Å². The van der Waals surface area contributed by atoms with Crippen molar-refractivity contribution in [2.24, 2.45) is 5.73 Å². The number of likely N-dealkylation sites (N-methyl/N-ethyl adjacent to an activating group) is 1. The number of fused-ring (bicyclic) bond motifs is 1. The summed E-state index contributed by atoms with van der Waals surface area (Å²) in [4.78, 5) is 20.0. The molecule has 0 radical (unpaired) electrons. The van der Waals surface area contributed by atoms with E-state index in [1.54, 1.807) is 0 Å². The zero-order valence-electron chi connectivity index (χ0n) is 17.7. The van der Waals surface area contributed by atoms with E-state index < -0.39 is 6.04 Å². The van der Waals surface area contributed by atoms with E-state index >= 15 is 0 Å². The van der Waals surface area contributed by atoms with Crippen LogP contribution in [0.2, 0.25) is 0 Å². The molecule has 1 atom stereocenters. The van der Waals surface area contributed by atoms with Crippen molar-refractivity contribution in [3.8, 4) is 0 Å². The number of aromatic nitrogens is 2. The van der Waals surface area contributed by atoms with Gasteiger partial charge in [0.25, 0.3) is 0 Å². The van der Waals surface area contributed by atoms with E-state index in [4.69, 9.17) is 5.73 Å². The van der Waals surface area contributed by atoms with Crippen molar-refractivity contribution in [3.05, 3.63) is 29.5 Å². The fourth-order valence-corrected chi connectivity index (χ4v) is 4.89. The number of likely N-dealkylation sites (tertiary alicyclic amines) is 1. The van der Waals surface area contributed by atoms with Gasteiger partial charge in [0.05, 0.1) is 17.8 Å². The number of H-pyrrole nitrogens is 1. The average molecular weight is 399 g/mol. The molecular weight excluding hydrogens is 364 g/mol. The maximum Gasteiger partial charge on any atom is 0.239 e. The van der Waals surface area contributed by atoms with E-state index in [1.165, 1.54) is 19.5 Å². The van der Waals surface area contributed by atoms with Gasteiger partial charge in [0.1, 0.15) is 0 Å². The summed E-state index contributed by atoms with van der Waals surface area (Å²) in [6.07, 6.45) is 5.75. The number of rotatable bonds is 4. The van der Waals surface area contributed by atoms with Crippen LogP contribution in [0, 0.1) is 6.92 Å². The van der Waals surface area contributed by atoms with Crippen LogP contribution in [0.15, 0.2) is 18.3 Å². The van der Waals surface area contributed by atoms with E-state index in [2.05, 4.69) is 46.1 Å². The molecule has 2 fully saturated rings. The van der Waals surface area contributed by atoms with Crippen molar-refractivity contribution < 1.29 is 4.79 Å². The zero-order chi connectivity index (χ0) is 20.4. The highest BCUT2D eigenvalue weighted by atomic mass is 16.2. The molecule has 7 heteroatoms. The number of piperidine rings is 1. The molecule has 0 bridgehead atoms. The van der Waals surface area contributed by atoms with Gasteiger partial charge < -0.3 is 15.5 Å². The Labute approximate surface area is 173 Å². The minimum atomic E-state index is -0.484. The van der Waals surface area contributed by atoms with Crippen molar-refractivity contribution in [2.45, 2.75) is 44.7 Å². The summed E-state index contributed by atoms with van der Waals surface area (Å²) < 4.78 is 0. The average Bonchev–Trinajstić information content (AvgIpc) is 3.09. The third-order valence-corrected chi connectivity index (χ3v) is 6.63. The van der Waals surface area contributed by atoms with Crippen molar-refractivity contribution in [2.75, 3.05) is 46.3 Å². The third kappa shape index (κ3) is 4.63. The van der Waals surface area contributed by atoms with Crippen LogP contribution >= 0.6 is 0 Å². The van der Waals surface area contributed by atoms with Gasteiger partial charge >= 0.3 is 0 Å². The quantitative estimate of drug-likeness (QED) is 0.813. The number of nitrogens with two attached hydrogens (primary N) is 1. The van der Waals surface area contributed by atoms with Crippen molar-refractivity contribution >= 4 is 16.8 Å². The molecule has 2 aliphatic rings. The number of carbonyl (C=O) groups is 1. The molecule has 2 saturated heterocycles. The van der Waals surface area contributed by atoms with Crippen LogP contribution in [0.5, 0.6) is 0 Å². The molecule has 1 amide bonds. The first-order chi connectivity index (χ1) is 14.0. The minimum Gasteiger partial charge on any atom is -0.341 e. The topological polar surface area (TPSA) is 81.5 Å². The maximum atomic E-state index is 12.9. The summed E-state index contributed by atoms with van der Waals surface area (Å²) in [7, 11) is 2.21. The molecule has 29 heavy (non-hydrogen) atoms. The van der Waals surface area contributed by atoms with Gasteiger partial charge in [-0.2, -0.15) is 5.10 Å². The van der Waals surface area contributed by atoms with Gasteiger partial charge in [0.2, 0.25) is 5.91 Å². The van der Waals surface area contributed by atoms with Gasteiger partial charge in [-0.15, -0.1) is 0 Å². The smallest absolute Gasteiger partial charge is 0.239 e. The Balaban J connectivity index is 1.31. The molecule has 4 rings (SSSR count). The van der Waals surface area contributed by atoms with Crippen LogP contribution in [0.25, 0.3) is 10.9 Å². The number of aromatic amines is 1. The van der Waals surface area contributed by atoms with Crippen LogP contribution in [0.3, 0.4) is 0 Å². The lowest BCUT2D eigenvalue weighted by atomic mass is 9.99. The molecule has 0 saturated carbocycles. The van der Waals surface area contributed by atoms with E-state index in [0.29, 0.717) is 12.5 Å². The summed E-state index contributed by atoms with van der Waals surface area (Å²) in [6, 6.07) is 4.31. The first kappa shape index (κ1) is 20.3. The molecule has 158 valence electrons. The highest BCUT2D eigenvalue weighted by Gasteiger charge is 2.29. The standard InChI is InChI=1S/C22H34N6O/c1-16-12-17(13-18-15-24-25-21(16)18)14-20(23)22(29)28-8-4-19(5-9-28)27-7-3-6-26(2)10-11-27/h12-13,15,19-20H,3-11,14,23H2,1-2H3,(H,24,25). The van der Waals surface area contributed by atoms with Crippen LogP contribution in [0.4, 0.5) is 0 Å². The van der Waals surface area contributed by atoms with Crippen LogP contribution in [0.1, 0.15) is 30.4 Å². The summed E-state index contributed by atoms with van der Waals surface area (Å²) in [5.41, 5.74) is 9.62. The van der Waals surface area contributed by atoms with Crippen molar-refractivity contribution in [3.63, 3.8) is 0 Å². The van der Waals surface area contributed by atoms with Gasteiger partial charge in [-0.05, 0) is 69.9 Å². The Morgan fingerprint density at radius 1 is 1.21 bits per heavy atom. The van der Waals surface area contributed by atoms with Crippen molar-refractivity contribution in [1.82, 2.24) is 24.9 Å². The molecule has 2 aromatic rings. The zero-order valence-corrected chi connectivity index (χ0v) is 17.7. The number of nitrogens with one attached hydrogen (secondary N) is 1. The number of aryl methyl sites for hydroxylation is 1. The number of amides is 1. The lowest BCUT2D eigenvalue weighted by molar-refractivity contribution is -0.134. The van der Waals surface area contributed by atoms with E-state index in [-0.39, 0.29) is 5.91 Å². The number of benzene rings is 1. The Bertz CT molecular complexity index is 841. The summed E-state index contributed by atoms with van der Waals surface area (Å²) in [6.45, 7) is 8.36. The lowest BCUT2D eigenvalue weighted by Crippen LogP contribution is -2.52. The second-order valence-corrected chi connectivity index (χ2v) is 8.81. The van der Waals surface area contributed by atoms with Gasteiger partial charge in [-0.1, -0.05) is 6.07 Å². The second-order valence-electron chi connectivity index (χ2n) is 8.81. The first-order valence-corrected chi connectivity index (χ1v) is 10.9. The lowest BCUT2D eigenvalue weighted by Gasteiger charge is -2.39. The Morgan fingerprint density at radius 3 is 2.79 bits per heavy atom. The molecule has 1 aromatic heterocycles. The highest BCUT2D eigenvalue weighted by Crippen LogP contribution is 2.21.